The molecule has 1 saturated carbocycles. The summed E-state index contributed by atoms with van der Waals surface area (Å²) >= 11 is 7.97. The normalized spacial score (nSPS) is 15.7. The fourth-order valence-corrected chi connectivity index (χ4v) is 5.50. The van der Waals surface area contributed by atoms with E-state index in [1.165, 1.54) is 17.1 Å². The summed E-state index contributed by atoms with van der Waals surface area (Å²) in [6.45, 7) is 0. The highest BCUT2D eigenvalue weighted by molar-refractivity contribution is 7.99. The molecule has 0 atom stereocenters. The number of rotatable bonds is 8. The van der Waals surface area contributed by atoms with Crippen molar-refractivity contribution in [3.05, 3.63) is 29.3 Å². The van der Waals surface area contributed by atoms with Crippen LogP contribution in [0.2, 0.25) is 5.02 Å². The second-order valence-corrected chi connectivity index (χ2v) is 10.7. The van der Waals surface area contributed by atoms with Gasteiger partial charge in [-0.3, -0.25) is 4.57 Å². The van der Waals surface area contributed by atoms with E-state index < -0.39 is 10.0 Å². The third kappa shape index (κ3) is 4.85. The predicted molar refractivity (Wildman–Crippen MR) is 111 cm³/mol. The van der Waals surface area contributed by atoms with Crippen molar-refractivity contribution in [2.24, 2.45) is 0 Å². The van der Waals surface area contributed by atoms with Crippen LogP contribution in [0.15, 0.2) is 29.4 Å². The van der Waals surface area contributed by atoms with Gasteiger partial charge in [-0.1, -0.05) is 48.3 Å². The largest absolute Gasteiger partial charge is 0.299 e. The minimum Gasteiger partial charge on any atom is -0.299 e. The molecule has 0 bridgehead atoms. The molecule has 6 nitrogen and oxygen atoms in total. The first-order valence-corrected chi connectivity index (χ1v) is 12.1. The summed E-state index contributed by atoms with van der Waals surface area (Å²) in [5, 5.41) is 10.3. The molecule has 1 heterocycles. The van der Waals surface area contributed by atoms with E-state index in [1.54, 1.807) is 25.9 Å². The third-order valence-corrected chi connectivity index (χ3v) is 8.08. The molecule has 1 aromatic carbocycles. The van der Waals surface area contributed by atoms with Gasteiger partial charge in [0.25, 0.3) is 0 Å². The molecule has 0 aliphatic heterocycles. The van der Waals surface area contributed by atoms with Gasteiger partial charge in [0.05, 0.1) is 10.8 Å². The van der Waals surface area contributed by atoms with Gasteiger partial charge in [-0.15, -0.1) is 10.2 Å². The molecule has 0 N–H and O–H groups in total. The maximum atomic E-state index is 11.9. The maximum Gasteiger partial charge on any atom is 0.213 e. The standard InChI is InChI=1S/C18H25ClN4O2S2/c1-22(2)27(24,25)13-7-12-26-18-21-20-17(15-10-5-6-11-16(15)19)23(18)14-8-3-4-9-14/h5-6,10-11,14H,3-4,7-9,12-13H2,1-2H3. The predicted octanol–water partition coefficient (Wildman–Crippen LogP) is 4.09. The Labute approximate surface area is 170 Å². The Balaban J connectivity index is 1.78. The van der Waals surface area contributed by atoms with Crippen LogP contribution < -0.4 is 0 Å². The zero-order valence-electron chi connectivity index (χ0n) is 15.6. The molecule has 1 aliphatic rings. The Hall–Kier alpha value is -1.09. The lowest BCUT2D eigenvalue weighted by molar-refractivity contribution is 0.485. The molecular weight excluding hydrogens is 404 g/mol. The number of nitrogens with zero attached hydrogens (tertiary/aromatic N) is 4. The van der Waals surface area contributed by atoms with Crippen LogP contribution in [0.3, 0.4) is 0 Å². The van der Waals surface area contributed by atoms with Crippen molar-refractivity contribution < 1.29 is 8.42 Å². The van der Waals surface area contributed by atoms with Gasteiger partial charge < -0.3 is 0 Å². The summed E-state index contributed by atoms with van der Waals surface area (Å²) in [5.41, 5.74) is 0.889. The highest BCUT2D eigenvalue weighted by atomic mass is 35.5. The quantitative estimate of drug-likeness (QED) is 0.468. The Morgan fingerprint density at radius 3 is 2.59 bits per heavy atom. The van der Waals surface area contributed by atoms with Gasteiger partial charge in [0.2, 0.25) is 10.0 Å². The number of sulfonamides is 1. The van der Waals surface area contributed by atoms with Crippen molar-refractivity contribution in [1.29, 1.82) is 0 Å². The molecule has 148 valence electrons. The van der Waals surface area contributed by atoms with Crippen molar-refractivity contribution in [3.8, 4) is 11.4 Å². The van der Waals surface area contributed by atoms with Crippen LogP contribution in [0.4, 0.5) is 0 Å². The number of thioether (sulfide) groups is 1. The molecule has 0 spiro atoms. The van der Waals surface area contributed by atoms with Crippen LogP contribution >= 0.6 is 23.4 Å². The van der Waals surface area contributed by atoms with E-state index in [-0.39, 0.29) is 5.75 Å². The topological polar surface area (TPSA) is 68.1 Å². The molecule has 1 aromatic heterocycles. The summed E-state index contributed by atoms with van der Waals surface area (Å²) in [5.74, 6) is 1.62. The fraction of sp³-hybridized carbons (Fsp3) is 0.556. The molecule has 0 unspecified atom stereocenters. The number of aromatic nitrogens is 3. The van der Waals surface area contributed by atoms with Gasteiger partial charge in [0.15, 0.2) is 11.0 Å². The number of hydrogen-bond acceptors (Lipinski definition) is 5. The van der Waals surface area contributed by atoms with E-state index in [0.29, 0.717) is 23.2 Å². The summed E-state index contributed by atoms with van der Waals surface area (Å²) in [6, 6.07) is 8.06. The van der Waals surface area contributed by atoms with Crippen LogP contribution in [0.1, 0.15) is 38.1 Å². The molecule has 0 radical (unpaired) electrons. The lowest BCUT2D eigenvalue weighted by atomic mass is 10.2. The van der Waals surface area contributed by atoms with Gasteiger partial charge >= 0.3 is 0 Å². The summed E-state index contributed by atoms with van der Waals surface area (Å²) in [4.78, 5) is 0. The second kappa shape index (κ2) is 8.94. The zero-order valence-corrected chi connectivity index (χ0v) is 18.0. The lowest BCUT2D eigenvalue weighted by Crippen LogP contribution is -2.25. The minimum absolute atomic E-state index is 0.141. The van der Waals surface area contributed by atoms with Gasteiger partial charge in [0.1, 0.15) is 0 Å². The Morgan fingerprint density at radius 1 is 1.22 bits per heavy atom. The van der Waals surface area contributed by atoms with E-state index >= 15 is 0 Å². The highest BCUT2D eigenvalue weighted by Crippen LogP contribution is 2.38. The monoisotopic (exact) mass is 428 g/mol. The number of benzene rings is 1. The molecule has 27 heavy (non-hydrogen) atoms. The molecule has 0 saturated heterocycles. The molecule has 3 rings (SSSR count). The summed E-state index contributed by atoms with van der Waals surface area (Å²) < 4.78 is 27.3. The van der Waals surface area contributed by atoms with Crippen LogP contribution in [0, 0.1) is 0 Å². The van der Waals surface area contributed by atoms with Crippen molar-refractivity contribution in [3.63, 3.8) is 0 Å². The van der Waals surface area contributed by atoms with E-state index in [2.05, 4.69) is 14.8 Å². The first-order valence-electron chi connectivity index (χ1n) is 9.13. The second-order valence-electron chi connectivity index (χ2n) is 6.89. The zero-order chi connectivity index (χ0) is 19.4. The average molecular weight is 429 g/mol. The van der Waals surface area contributed by atoms with E-state index in [9.17, 15) is 8.42 Å². The van der Waals surface area contributed by atoms with Crippen LogP contribution in [0.5, 0.6) is 0 Å². The summed E-state index contributed by atoms with van der Waals surface area (Å²) in [7, 11) is -0.0330. The fourth-order valence-electron chi connectivity index (χ4n) is 3.28. The molecule has 0 amide bonds. The Bertz CT molecular complexity index is 877. The van der Waals surface area contributed by atoms with Crippen molar-refractivity contribution in [2.45, 2.75) is 43.3 Å². The molecule has 2 aromatic rings. The smallest absolute Gasteiger partial charge is 0.213 e. The highest BCUT2D eigenvalue weighted by Gasteiger charge is 2.25. The van der Waals surface area contributed by atoms with Crippen LogP contribution in [-0.4, -0.2) is 53.1 Å². The molecule has 1 aliphatic carbocycles. The lowest BCUT2D eigenvalue weighted by Gasteiger charge is -2.17. The molecule has 1 fully saturated rings. The Kier molecular flexibility index (Phi) is 6.83. The number of halogens is 1. The van der Waals surface area contributed by atoms with Crippen molar-refractivity contribution in [1.82, 2.24) is 19.1 Å². The van der Waals surface area contributed by atoms with Crippen molar-refractivity contribution >= 4 is 33.4 Å². The average Bonchev–Trinajstić information content (AvgIpc) is 3.28. The van der Waals surface area contributed by atoms with E-state index in [0.717, 1.165) is 29.4 Å². The molecule has 9 heteroatoms. The third-order valence-electron chi connectivity index (χ3n) is 4.80. The van der Waals surface area contributed by atoms with Gasteiger partial charge in [-0.2, -0.15) is 0 Å². The van der Waals surface area contributed by atoms with Gasteiger partial charge in [-0.05, 0) is 31.4 Å². The van der Waals surface area contributed by atoms with Crippen LogP contribution in [-0.2, 0) is 10.0 Å². The molecular formula is C18H25ClN4O2S2. The van der Waals surface area contributed by atoms with Crippen LogP contribution in [0.25, 0.3) is 11.4 Å². The van der Waals surface area contributed by atoms with Crippen molar-refractivity contribution in [2.75, 3.05) is 25.6 Å². The van der Waals surface area contributed by atoms with Gasteiger partial charge in [0, 0.05) is 31.5 Å². The summed E-state index contributed by atoms with van der Waals surface area (Å²) in [6.07, 6.45) is 5.20. The minimum atomic E-state index is -3.16. The SMILES string of the molecule is CN(C)S(=O)(=O)CCCSc1nnc(-c2ccccc2Cl)n1C1CCCC1. The van der Waals surface area contributed by atoms with E-state index in [1.807, 2.05) is 24.3 Å². The van der Waals surface area contributed by atoms with E-state index in [4.69, 9.17) is 11.6 Å². The first kappa shape index (κ1) is 20.6. The van der Waals surface area contributed by atoms with Gasteiger partial charge in [-0.25, -0.2) is 12.7 Å². The first-order chi connectivity index (χ1) is 12.9. The Morgan fingerprint density at radius 2 is 1.93 bits per heavy atom. The number of hydrogen-bond donors (Lipinski definition) is 0. The maximum absolute atomic E-state index is 11.9.